The first-order chi connectivity index (χ1) is 8.19. The average molecular weight is 278 g/mol. The molecule has 17 heavy (non-hydrogen) atoms. The largest absolute Gasteiger partial charge is 0.364 e. The van der Waals surface area contributed by atoms with Gasteiger partial charge >= 0.3 is 0 Å². The molecule has 4 unspecified atom stereocenters. The normalized spacial score (nSPS) is 47.6. The number of ether oxygens (including phenoxy) is 1. The summed E-state index contributed by atoms with van der Waals surface area (Å²) in [6.45, 7) is 0.767. The number of fused-ring (bicyclic) bond motifs is 2. The maximum atomic E-state index is 6.46. The van der Waals surface area contributed by atoms with Crippen LogP contribution >= 0.6 is 23.2 Å². The van der Waals surface area contributed by atoms with Gasteiger partial charge in [0.05, 0.1) is 22.6 Å². The summed E-state index contributed by atoms with van der Waals surface area (Å²) in [5.74, 6) is 0.415. The highest BCUT2D eigenvalue weighted by Gasteiger charge is 2.55. The van der Waals surface area contributed by atoms with Crippen LogP contribution in [-0.4, -0.2) is 28.9 Å². The standard InChI is InChI=1S/C12H17Cl2NO2/c13-11-10(8-4-5-12(11,14)7-8)15-17-9-3-1-2-6-16-9/h8-9,11H,1-7H2. The van der Waals surface area contributed by atoms with Crippen LogP contribution in [0.1, 0.15) is 38.5 Å². The van der Waals surface area contributed by atoms with Crippen LogP contribution in [0.4, 0.5) is 0 Å². The maximum absolute atomic E-state index is 6.46. The molecule has 0 aromatic heterocycles. The molecule has 0 spiro atoms. The van der Waals surface area contributed by atoms with Gasteiger partial charge in [-0.3, -0.25) is 0 Å². The lowest BCUT2D eigenvalue weighted by atomic mass is 9.98. The van der Waals surface area contributed by atoms with E-state index in [0.717, 1.165) is 50.8 Å². The molecule has 0 aromatic carbocycles. The first-order valence-electron chi connectivity index (χ1n) is 6.37. The molecule has 0 aromatic rings. The van der Waals surface area contributed by atoms with Crippen molar-refractivity contribution in [1.29, 1.82) is 0 Å². The number of halogens is 2. The summed E-state index contributed by atoms with van der Waals surface area (Å²) < 4.78 is 5.47. The molecule has 3 aliphatic rings. The van der Waals surface area contributed by atoms with E-state index in [4.69, 9.17) is 32.8 Å². The molecule has 1 heterocycles. The van der Waals surface area contributed by atoms with E-state index in [9.17, 15) is 0 Å². The van der Waals surface area contributed by atoms with Gasteiger partial charge in [-0.1, -0.05) is 5.16 Å². The Morgan fingerprint density at radius 1 is 1.35 bits per heavy atom. The van der Waals surface area contributed by atoms with E-state index in [1.807, 2.05) is 0 Å². The van der Waals surface area contributed by atoms with Crippen LogP contribution in [0, 0.1) is 5.92 Å². The molecule has 4 atom stereocenters. The zero-order valence-corrected chi connectivity index (χ0v) is 11.2. The molecule has 3 fully saturated rings. The van der Waals surface area contributed by atoms with Gasteiger partial charge in [-0.05, 0) is 32.1 Å². The summed E-state index contributed by atoms with van der Waals surface area (Å²) in [4.78, 5) is 5.18. The van der Waals surface area contributed by atoms with E-state index in [1.165, 1.54) is 0 Å². The van der Waals surface area contributed by atoms with Gasteiger partial charge in [-0.2, -0.15) is 0 Å². The molecule has 0 N–H and O–H groups in total. The monoisotopic (exact) mass is 277 g/mol. The molecular weight excluding hydrogens is 261 g/mol. The molecule has 2 bridgehead atoms. The van der Waals surface area contributed by atoms with Crippen LogP contribution in [0.15, 0.2) is 5.16 Å². The molecule has 1 aliphatic heterocycles. The molecule has 1 saturated heterocycles. The smallest absolute Gasteiger partial charge is 0.226 e. The molecular formula is C12H17Cl2NO2. The van der Waals surface area contributed by atoms with Crippen LogP contribution in [0.25, 0.3) is 0 Å². The van der Waals surface area contributed by atoms with E-state index < -0.39 is 0 Å². The zero-order chi connectivity index (χ0) is 11.9. The van der Waals surface area contributed by atoms with E-state index >= 15 is 0 Å². The quantitative estimate of drug-likeness (QED) is 0.573. The average Bonchev–Trinajstić information content (AvgIpc) is 2.83. The first-order valence-corrected chi connectivity index (χ1v) is 7.19. The second-order valence-corrected chi connectivity index (χ2v) is 6.44. The molecule has 2 aliphatic carbocycles. The van der Waals surface area contributed by atoms with Crippen molar-refractivity contribution < 1.29 is 9.57 Å². The van der Waals surface area contributed by atoms with Crippen molar-refractivity contribution in [1.82, 2.24) is 0 Å². The highest BCUT2D eigenvalue weighted by atomic mass is 35.5. The third kappa shape index (κ3) is 2.18. The van der Waals surface area contributed by atoms with Gasteiger partial charge in [-0.15, -0.1) is 23.2 Å². The Hall–Kier alpha value is 0.01000. The summed E-state index contributed by atoms with van der Waals surface area (Å²) in [5, 5.41) is 4.06. The van der Waals surface area contributed by atoms with Gasteiger partial charge in [0.15, 0.2) is 0 Å². The Balaban J connectivity index is 1.64. The third-order valence-electron chi connectivity index (χ3n) is 4.04. The number of hydrogen-bond donors (Lipinski definition) is 0. The summed E-state index contributed by atoms with van der Waals surface area (Å²) in [6.07, 6.45) is 6.00. The number of alkyl halides is 2. The van der Waals surface area contributed by atoms with Crippen LogP contribution in [-0.2, 0) is 9.57 Å². The predicted octanol–water partition coefficient (Wildman–Crippen LogP) is 3.28. The lowest BCUT2D eigenvalue weighted by Crippen LogP contribution is -2.33. The Morgan fingerprint density at radius 2 is 2.24 bits per heavy atom. The molecule has 0 amide bonds. The second-order valence-electron chi connectivity index (χ2n) is 5.25. The van der Waals surface area contributed by atoms with Crippen LogP contribution < -0.4 is 0 Å². The fourth-order valence-electron chi connectivity index (χ4n) is 3.02. The number of nitrogens with zero attached hydrogens (tertiary/aromatic N) is 1. The Labute approximate surface area is 111 Å². The van der Waals surface area contributed by atoms with Crippen molar-refractivity contribution in [3.8, 4) is 0 Å². The van der Waals surface area contributed by atoms with Crippen molar-refractivity contribution in [3.05, 3.63) is 0 Å². The first kappa shape index (κ1) is 12.1. The molecule has 3 nitrogen and oxygen atoms in total. The summed E-state index contributed by atoms with van der Waals surface area (Å²) in [6, 6.07) is 0. The lowest BCUT2D eigenvalue weighted by molar-refractivity contribution is -0.162. The van der Waals surface area contributed by atoms with Crippen LogP contribution in [0.5, 0.6) is 0 Å². The van der Waals surface area contributed by atoms with E-state index in [-0.39, 0.29) is 16.5 Å². The Kier molecular flexibility index (Phi) is 3.26. The van der Waals surface area contributed by atoms with Gasteiger partial charge in [-0.25, -0.2) is 0 Å². The van der Waals surface area contributed by atoms with Crippen molar-refractivity contribution in [3.63, 3.8) is 0 Å². The van der Waals surface area contributed by atoms with Crippen LogP contribution in [0.2, 0.25) is 0 Å². The van der Waals surface area contributed by atoms with Gasteiger partial charge in [0, 0.05) is 12.3 Å². The van der Waals surface area contributed by atoms with Crippen molar-refractivity contribution in [2.24, 2.45) is 11.1 Å². The fraction of sp³-hybridized carbons (Fsp3) is 0.917. The van der Waals surface area contributed by atoms with Crippen molar-refractivity contribution >= 4 is 28.9 Å². The van der Waals surface area contributed by atoms with E-state index in [0.29, 0.717) is 5.92 Å². The zero-order valence-electron chi connectivity index (χ0n) is 9.70. The minimum atomic E-state index is -0.276. The maximum Gasteiger partial charge on any atom is 0.226 e. The molecule has 3 rings (SSSR count). The highest BCUT2D eigenvalue weighted by Crippen LogP contribution is 2.52. The molecule has 96 valence electrons. The van der Waals surface area contributed by atoms with E-state index in [1.54, 1.807) is 0 Å². The topological polar surface area (TPSA) is 30.8 Å². The Bertz CT molecular complexity index is 330. The van der Waals surface area contributed by atoms with Crippen LogP contribution in [0.3, 0.4) is 0 Å². The van der Waals surface area contributed by atoms with Crippen molar-refractivity contribution in [2.75, 3.05) is 6.61 Å². The van der Waals surface area contributed by atoms with Crippen molar-refractivity contribution in [2.45, 2.75) is 55.1 Å². The molecule has 5 heteroatoms. The fourth-order valence-corrected chi connectivity index (χ4v) is 3.84. The number of hydrogen-bond acceptors (Lipinski definition) is 3. The number of rotatable bonds is 2. The van der Waals surface area contributed by atoms with Gasteiger partial charge in [0.25, 0.3) is 0 Å². The number of oxime groups is 1. The third-order valence-corrected chi connectivity index (χ3v) is 5.35. The highest BCUT2D eigenvalue weighted by molar-refractivity contribution is 6.42. The summed E-state index contributed by atoms with van der Waals surface area (Å²) >= 11 is 12.8. The molecule has 2 saturated carbocycles. The predicted molar refractivity (Wildman–Crippen MR) is 67.7 cm³/mol. The second kappa shape index (κ2) is 4.60. The summed E-state index contributed by atoms with van der Waals surface area (Å²) in [7, 11) is 0. The molecule has 0 radical (unpaired) electrons. The van der Waals surface area contributed by atoms with E-state index in [2.05, 4.69) is 5.16 Å². The summed E-state index contributed by atoms with van der Waals surface area (Å²) in [5.41, 5.74) is 0.932. The van der Waals surface area contributed by atoms with Gasteiger partial charge in [0.1, 0.15) is 0 Å². The SMILES string of the molecule is ClC1C(=NOC2CCCCO2)C2CCC1(Cl)C2. The van der Waals surface area contributed by atoms with Gasteiger partial charge < -0.3 is 9.57 Å². The van der Waals surface area contributed by atoms with Gasteiger partial charge in [0.2, 0.25) is 6.29 Å². The lowest BCUT2D eigenvalue weighted by Gasteiger charge is -2.25. The minimum Gasteiger partial charge on any atom is -0.364 e. The Morgan fingerprint density at radius 3 is 2.88 bits per heavy atom. The minimum absolute atomic E-state index is 0.175.